The van der Waals surface area contributed by atoms with E-state index in [1.807, 2.05) is 0 Å². The number of ether oxygens (including phenoxy) is 1. The number of fused-ring (bicyclic) bond motifs is 2. The number of benzene rings is 1. The molecule has 0 atom stereocenters. The van der Waals surface area contributed by atoms with Gasteiger partial charge in [-0.2, -0.15) is 5.26 Å². The van der Waals surface area contributed by atoms with Gasteiger partial charge in [-0.3, -0.25) is 14.8 Å². The SMILES string of the molecule is N#Cc1c(NC(=O)COC(=O)c2cccc3nccnc23)sc2c1CCCC2. The highest BCUT2D eigenvalue weighted by molar-refractivity contribution is 7.16. The number of para-hydroxylation sites is 1. The Morgan fingerprint density at radius 1 is 1.21 bits per heavy atom. The van der Waals surface area contributed by atoms with Gasteiger partial charge in [-0.05, 0) is 43.4 Å². The number of aryl methyl sites for hydroxylation is 1. The van der Waals surface area contributed by atoms with Crippen LogP contribution in [0.2, 0.25) is 0 Å². The molecule has 1 aliphatic carbocycles. The summed E-state index contributed by atoms with van der Waals surface area (Å²) >= 11 is 1.43. The molecule has 4 rings (SSSR count). The number of esters is 1. The molecule has 2 heterocycles. The Kier molecular flexibility index (Phi) is 5.00. The standard InChI is InChI=1S/C20H16N4O3S/c21-10-14-12-4-1-2-7-16(12)28-19(14)24-17(25)11-27-20(26)13-5-3-6-15-18(13)23-9-8-22-15/h3,5-6,8-9H,1-2,4,7,11H2,(H,24,25). The number of hydrogen-bond donors (Lipinski definition) is 1. The van der Waals surface area contributed by atoms with Crippen molar-refractivity contribution in [3.05, 3.63) is 52.2 Å². The molecule has 1 aliphatic rings. The van der Waals surface area contributed by atoms with Gasteiger partial charge in [-0.15, -0.1) is 11.3 Å². The van der Waals surface area contributed by atoms with Gasteiger partial charge < -0.3 is 10.1 Å². The number of carbonyl (C=O) groups is 2. The molecule has 140 valence electrons. The van der Waals surface area contributed by atoms with Crippen molar-refractivity contribution >= 4 is 39.2 Å². The zero-order valence-corrected chi connectivity index (χ0v) is 15.7. The Balaban J connectivity index is 1.44. The van der Waals surface area contributed by atoms with Crippen molar-refractivity contribution in [3.8, 4) is 6.07 Å². The highest BCUT2D eigenvalue weighted by atomic mass is 32.1. The third-order valence-electron chi connectivity index (χ3n) is 4.59. The van der Waals surface area contributed by atoms with Gasteiger partial charge in [-0.1, -0.05) is 6.07 Å². The molecule has 0 aliphatic heterocycles. The largest absolute Gasteiger partial charge is 0.452 e. The summed E-state index contributed by atoms with van der Waals surface area (Å²) < 4.78 is 5.15. The number of nitrogens with one attached hydrogen (secondary N) is 1. The topological polar surface area (TPSA) is 105 Å². The first-order valence-electron chi connectivity index (χ1n) is 8.88. The minimum Gasteiger partial charge on any atom is -0.452 e. The van der Waals surface area contributed by atoms with Crippen LogP contribution in [0.1, 0.15) is 39.2 Å². The van der Waals surface area contributed by atoms with Gasteiger partial charge >= 0.3 is 5.97 Å². The van der Waals surface area contributed by atoms with Crippen molar-refractivity contribution in [2.45, 2.75) is 25.7 Å². The summed E-state index contributed by atoms with van der Waals surface area (Å²) in [5.74, 6) is -1.12. The summed E-state index contributed by atoms with van der Waals surface area (Å²) in [5.41, 5.74) is 2.82. The molecule has 1 aromatic carbocycles. The Morgan fingerprint density at radius 3 is 2.89 bits per heavy atom. The van der Waals surface area contributed by atoms with E-state index in [1.54, 1.807) is 18.2 Å². The maximum absolute atomic E-state index is 12.4. The number of nitriles is 1. The zero-order chi connectivity index (χ0) is 19.5. The number of thiophene rings is 1. The second-order valence-corrected chi connectivity index (χ2v) is 7.49. The number of carbonyl (C=O) groups excluding carboxylic acids is 2. The van der Waals surface area contributed by atoms with Gasteiger partial charge in [0.25, 0.3) is 5.91 Å². The average Bonchev–Trinajstić information content (AvgIpc) is 3.08. The molecular formula is C20H16N4O3S. The lowest BCUT2D eigenvalue weighted by molar-refractivity contribution is -0.119. The van der Waals surface area contributed by atoms with E-state index >= 15 is 0 Å². The van der Waals surface area contributed by atoms with Crippen molar-refractivity contribution < 1.29 is 14.3 Å². The minimum atomic E-state index is -0.646. The van der Waals surface area contributed by atoms with Crippen LogP contribution in [0.25, 0.3) is 11.0 Å². The average molecular weight is 392 g/mol. The number of nitrogens with zero attached hydrogens (tertiary/aromatic N) is 3. The summed E-state index contributed by atoms with van der Waals surface area (Å²) in [7, 11) is 0. The summed E-state index contributed by atoms with van der Waals surface area (Å²) in [6.45, 7) is -0.442. The molecule has 0 saturated heterocycles. The quantitative estimate of drug-likeness (QED) is 0.684. The number of aromatic nitrogens is 2. The maximum atomic E-state index is 12.4. The van der Waals surface area contributed by atoms with Gasteiger partial charge in [0.05, 0.1) is 16.6 Å². The molecule has 8 heteroatoms. The van der Waals surface area contributed by atoms with E-state index in [2.05, 4.69) is 21.4 Å². The molecule has 0 saturated carbocycles. The Bertz CT molecular complexity index is 1110. The molecule has 0 radical (unpaired) electrons. The van der Waals surface area contributed by atoms with E-state index in [0.29, 0.717) is 21.6 Å². The van der Waals surface area contributed by atoms with E-state index in [0.717, 1.165) is 36.1 Å². The third-order valence-corrected chi connectivity index (χ3v) is 5.80. The lowest BCUT2D eigenvalue weighted by atomic mass is 9.96. The first-order chi connectivity index (χ1) is 13.7. The van der Waals surface area contributed by atoms with Gasteiger partial charge in [0.1, 0.15) is 16.6 Å². The fourth-order valence-electron chi connectivity index (χ4n) is 3.30. The predicted octanol–water partition coefficient (Wildman–Crippen LogP) is 3.24. The van der Waals surface area contributed by atoms with E-state index in [4.69, 9.17) is 4.74 Å². The smallest absolute Gasteiger partial charge is 0.340 e. The zero-order valence-electron chi connectivity index (χ0n) is 14.9. The van der Waals surface area contributed by atoms with E-state index in [-0.39, 0.29) is 5.56 Å². The predicted molar refractivity (Wildman–Crippen MR) is 104 cm³/mol. The molecule has 1 amide bonds. The van der Waals surface area contributed by atoms with Crippen LogP contribution in [0.15, 0.2) is 30.6 Å². The van der Waals surface area contributed by atoms with Gasteiger partial charge in [-0.25, -0.2) is 4.79 Å². The Morgan fingerprint density at radius 2 is 2.04 bits per heavy atom. The first-order valence-corrected chi connectivity index (χ1v) is 9.70. The second-order valence-electron chi connectivity index (χ2n) is 6.38. The number of anilines is 1. The van der Waals surface area contributed by atoms with E-state index in [9.17, 15) is 14.9 Å². The highest BCUT2D eigenvalue weighted by Gasteiger charge is 2.22. The van der Waals surface area contributed by atoms with Gasteiger partial charge in [0, 0.05) is 17.3 Å². The lowest BCUT2D eigenvalue weighted by Gasteiger charge is -2.09. The number of hydrogen-bond acceptors (Lipinski definition) is 7. The third kappa shape index (κ3) is 3.44. The fraction of sp³-hybridized carbons (Fsp3) is 0.250. The van der Waals surface area contributed by atoms with Crippen molar-refractivity contribution in [1.29, 1.82) is 5.26 Å². The number of amides is 1. The van der Waals surface area contributed by atoms with Crippen molar-refractivity contribution in [1.82, 2.24) is 9.97 Å². The lowest BCUT2D eigenvalue weighted by Crippen LogP contribution is -2.21. The van der Waals surface area contributed by atoms with Crippen LogP contribution in [-0.2, 0) is 22.4 Å². The van der Waals surface area contributed by atoms with Gasteiger partial charge in [0.2, 0.25) is 0 Å². The van der Waals surface area contributed by atoms with Crippen LogP contribution in [0.5, 0.6) is 0 Å². The number of rotatable bonds is 4. The molecule has 0 spiro atoms. The monoisotopic (exact) mass is 392 g/mol. The van der Waals surface area contributed by atoms with E-state index in [1.165, 1.54) is 23.7 Å². The normalized spacial score (nSPS) is 12.8. The summed E-state index contributed by atoms with van der Waals surface area (Å²) in [5, 5.41) is 12.7. The molecule has 0 bridgehead atoms. The van der Waals surface area contributed by atoms with Crippen LogP contribution in [0.4, 0.5) is 5.00 Å². The fourth-order valence-corrected chi connectivity index (χ4v) is 4.56. The second kappa shape index (κ2) is 7.74. The summed E-state index contributed by atoms with van der Waals surface area (Å²) in [6, 6.07) is 7.20. The Hall–Kier alpha value is -3.31. The van der Waals surface area contributed by atoms with Gasteiger partial charge in [0.15, 0.2) is 6.61 Å². The van der Waals surface area contributed by atoms with Crippen molar-refractivity contribution in [2.75, 3.05) is 11.9 Å². The highest BCUT2D eigenvalue weighted by Crippen LogP contribution is 2.37. The first kappa shape index (κ1) is 18.1. The molecule has 0 unspecified atom stereocenters. The molecule has 28 heavy (non-hydrogen) atoms. The molecule has 3 aromatic rings. The summed E-state index contributed by atoms with van der Waals surface area (Å²) in [6.07, 6.45) is 6.98. The van der Waals surface area contributed by atoms with Crippen LogP contribution in [0.3, 0.4) is 0 Å². The van der Waals surface area contributed by atoms with Crippen LogP contribution in [0, 0.1) is 11.3 Å². The molecular weight excluding hydrogens is 376 g/mol. The molecule has 1 N–H and O–H groups in total. The van der Waals surface area contributed by atoms with Crippen LogP contribution >= 0.6 is 11.3 Å². The van der Waals surface area contributed by atoms with Crippen LogP contribution < -0.4 is 5.32 Å². The Labute approximate surface area is 165 Å². The van der Waals surface area contributed by atoms with Crippen molar-refractivity contribution in [3.63, 3.8) is 0 Å². The molecule has 0 fully saturated rings. The van der Waals surface area contributed by atoms with Crippen LogP contribution in [-0.4, -0.2) is 28.5 Å². The molecule has 7 nitrogen and oxygen atoms in total. The van der Waals surface area contributed by atoms with E-state index < -0.39 is 18.5 Å². The minimum absolute atomic E-state index is 0.253. The maximum Gasteiger partial charge on any atom is 0.340 e. The van der Waals surface area contributed by atoms with Crippen molar-refractivity contribution in [2.24, 2.45) is 0 Å². The summed E-state index contributed by atoms with van der Waals surface area (Å²) in [4.78, 5) is 34.1. The molecule has 2 aromatic heterocycles.